The fourth-order valence-corrected chi connectivity index (χ4v) is 4.70. The van der Waals surface area contributed by atoms with E-state index in [2.05, 4.69) is 10.3 Å². The third-order valence-electron chi connectivity index (χ3n) is 4.52. The van der Waals surface area contributed by atoms with Gasteiger partial charge in [-0.15, -0.1) is 11.3 Å². The van der Waals surface area contributed by atoms with Crippen LogP contribution in [0.3, 0.4) is 0 Å². The van der Waals surface area contributed by atoms with Gasteiger partial charge in [-0.1, -0.05) is 41.6 Å². The number of hydrogen-bond donors (Lipinski definition) is 1. The summed E-state index contributed by atoms with van der Waals surface area (Å²) in [6, 6.07) is 13.6. The van der Waals surface area contributed by atoms with Gasteiger partial charge in [0.25, 0.3) is 5.56 Å². The molecule has 0 aliphatic rings. The number of fused-ring (bicyclic) bond motifs is 1. The molecule has 30 heavy (non-hydrogen) atoms. The largest absolute Gasteiger partial charge is 0.323 e. The molecule has 0 saturated carbocycles. The van der Waals surface area contributed by atoms with Gasteiger partial charge in [-0.05, 0) is 49.1 Å². The number of hydrogen-bond acceptors (Lipinski definition) is 5. The van der Waals surface area contributed by atoms with Crippen LogP contribution in [-0.4, -0.2) is 21.2 Å². The summed E-state index contributed by atoms with van der Waals surface area (Å²) in [5.41, 5.74) is 3.31. The van der Waals surface area contributed by atoms with Gasteiger partial charge in [0.05, 0.1) is 22.6 Å². The van der Waals surface area contributed by atoms with Crippen molar-refractivity contribution in [1.29, 1.82) is 0 Å². The second-order valence-corrected chi connectivity index (χ2v) is 8.64. The van der Waals surface area contributed by atoms with E-state index in [-0.39, 0.29) is 22.9 Å². The molecule has 0 unspecified atom stereocenters. The van der Waals surface area contributed by atoms with Gasteiger partial charge in [-0.2, -0.15) is 0 Å². The zero-order chi connectivity index (χ0) is 21.3. The number of thiophene rings is 1. The standard InChI is InChI=1S/C22H18FN3O2S2/c1-13-7-8-18(14(2)11-13)26-21(28)20-17(9-10-29-20)25-22(26)30-12-19(27)24-16-6-4-3-5-15(16)23/h3-11H,12H2,1-2H3,(H,24,27). The minimum atomic E-state index is -0.499. The minimum absolute atomic E-state index is 0.0126. The number of anilines is 1. The lowest BCUT2D eigenvalue weighted by atomic mass is 10.1. The van der Waals surface area contributed by atoms with Crippen molar-refractivity contribution < 1.29 is 9.18 Å². The topological polar surface area (TPSA) is 64.0 Å². The van der Waals surface area contributed by atoms with Gasteiger partial charge in [-0.25, -0.2) is 9.37 Å². The Morgan fingerprint density at radius 3 is 2.77 bits per heavy atom. The number of carbonyl (C=O) groups excluding carboxylic acids is 1. The summed E-state index contributed by atoms with van der Waals surface area (Å²) < 4.78 is 15.9. The van der Waals surface area contributed by atoms with E-state index >= 15 is 0 Å². The summed E-state index contributed by atoms with van der Waals surface area (Å²) in [5, 5.41) is 4.80. The molecule has 0 saturated heterocycles. The molecule has 152 valence electrons. The third kappa shape index (κ3) is 4.01. The molecule has 4 rings (SSSR count). The molecule has 0 atom stereocenters. The predicted octanol–water partition coefficient (Wildman–Crippen LogP) is 4.93. The normalized spacial score (nSPS) is 11.0. The Morgan fingerprint density at radius 2 is 2.00 bits per heavy atom. The van der Waals surface area contributed by atoms with Crippen LogP contribution >= 0.6 is 23.1 Å². The number of nitrogens with zero attached hydrogens (tertiary/aromatic N) is 2. The van der Waals surface area contributed by atoms with E-state index in [1.807, 2.05) is 37.4 Å². The number of thioether (sulfide) groups is 1. The highest BCUT2D eigenvalue weighted by molar-refractivity contribution is 7.99. The van der Waals surface area contributed by atoms with Crippen LogP contribution in [0.2, 0.25) is 0 Å². The first-order valence-electron chi connectivity index (χ1n) is 9.19. The van der Waals surface area contributed by atoms with Gasteiger partial charge >= 0.3 is 0 Å². The maximum Gasteiger partial charge on any atom is 0.276 e. The first-order valence-corrected chi connectivity index (χ1v) is 11.1. The Labute approximate surface area is 180 Å². The molecule has 2 heterocycles. The van der Waals surface area contributed by atoms with Crippen molar-refractivity contribution in [2.75, 3.05) is 11.1 Å². The van der Waals surface area contributed by atoms with E-state index < -0.39 is 5.82 Å². The van der Waals surface area contributed by atoms with E-state index in [0.717, 1.165) is 28.6 Å². The van der Waals surface area contributed by atoms with Crippen molar-refractivity contribution in [1.82, 2.24) is 9.55 Å². The summed E-state index contributed by atoms with van der Waals surface area (Å²) >= 11 is 2.48. The van der Waals surface area contributed by atoms with Gasteiger partial charge in [0, 0.05) is 0 Å². The number of aromatic nitrogens is 2. The van der Waals surface area contributed by atoms with E-state index in [0.29, 0.717) is 15.4 Å². The van der Waals surface area contributed by atoms with Gasteiger partial charge in [0.2, 0.25) is 5.91 Å². The smallest absolute Gasteiger partial charge is 0.276 e. The molecule has 0 aliphatic heterocycles. The molecule has 0 radical (unpaired) electrons. The zero-order valence-electron chi connectivity index (χ0n) is 16.3. The maximum atomic E-state index is 13.8. The molecule has 1 N–H and O–H groups in total. The van der Waals surface area contributed by atoms with E-state index in [1.165, 1.54) is 23.5 Å². The monoisotopic (exact) mass is 439 g/mol. The quantitative estimate of drug-likeness (QED) is 0.354. The number of halogens is 1. The molecule has 0 bridgehead atoms. The highest BCUT2D eigenvalue weighted by Gasteiger charge is 2.17. The van der Waals surface area contributed by atoms with Crippen LogP contribution in [0.15, 0.2) is 63.9 Å². The van der Waals surface area contributed by atoms with Crippen molar-refractivity contribution in [3.8, 4) is 5.69 Å². The molecule has 2 aromatic carbocycles. The summed E-state index contributed by atoms with van der Waals surface area (Å²) in [6.07, 6.45) is 0. The highest BCUT2D eigenvalue weighted by Crippen LogP contribution is 2.25. The Hall–Kier alpha value is -2.97. The van der Waals surface area contributed by atoms with Crippen LogP contribution in [0, 0.1) is 19.7 Å². The average Bonchev–Trinajstić information content (AvgIpc) is 3.18. The fourth-order valence-electron chi connectivity index (χ4n) is 3.14. The van der Waals surface area contributed by atoms with Crippen LogP contribution in [0.4, 0.5) is 10.1 Å². The summed E-state index contributed by atoms with van der Waals surface area (Å²) in [4.78, 5) is 30.2. The molecule has 4 aromatic rings. The molecule has 2 aromatic heterocycles. The Bertz CT molecular complexity index is 1310. The van der Waals surface area contributed by atoms with E-state index in [1.54, 1.807) is 22.8 Å². The van der Waals surface area contributed by atoms with Crippen molar-refractivity contribution in [3.05, 3.63) is 81.2 Å². The zero-order valence-corrected chi connectivity index (χ0v) is 17.9. The summed E-state index contributed by atoms with van der Waals surface area (Å²) in [6.45, 7) is 3.93. The molecule has 1 amide bonds. The third-order valence-corrected chi connectivity index (χ3v) is 6.35. The number of carbonyl (C=O) groups is 1. The molecule has 5 nitrogen and oxygen atoms in total. The minimum Gasteiger partial charge on any atom is -0.323 e. The number of aryl methyl sites for hydroxylation is 2. The number of amides is 1. The Kier molecular flexibility index (Phi) is 5.69. The van der Waals surface area contributed by atoms with Crippen LogP contribution in [-0.2, 0) is 4.79 Å². The maximum absolute atomic E-state index is 13.8. The highest BCUT2D eigenvalue weighted by atomic mass is 32.2. The fraction of sp³-hybridized carbons (Fsp3) is 0.136. The lowest BCUT2D eigenvalue weighted by molar-refractivity contribution is -0.113. The van der Waals surface area contributed by atoms with Crippen LogP contribution in [0.1, 0.15) is 11.1 Å². The van der Waals surface area contributed by atoms with Crippen LogP contribution in [0.25, 0.3) is 15.9 Å². The van der Waals surface area contributed by atoms with Crippen molar-refractivity contribution >= 4 is 44.9 Å². The van der Waals surface area contributed by atoms with E-state index in [9.17, 15) is 14.0 Å². The number of benzene rings is 2. The second-order valence-electron chi connectivity index (χ2n) is 6.78. The second kappa shape index (κ2) is 8.41. The molecular formula is C22H18FN3O2S2. The predicted molar refractivity (Wildman–Crippen MR) is 120 cm³/mol. The van der Waals surface area contributed by atoms with Gasteiger partial charge in [0.15, 0.2) is 5.16 Å². The molecule has 0 aliphatic carbocycles. The summed E-state index contributed by atoms with van der Waals surface area (Å²) in [5.74, 6) is -0.890. The Morgan fingerprint density at radius 1 is 1.20 bits per heavy atom. The van der Waals surface area contributed by atoms with Crippen LogP contribution in [0.5, 0.6) is 0 Å². The van der Waals surface area contributed by atoms with Crippen molar-refractivity contribution in [2.24, 2.45) is 0 Å². The van der Waals surface area contributed by atoms with Gasteiger partial charge in [0.1, 0.15) is 10.5 Å². The van der Waals surface area contributed by atoms with Gasteiger partial charge in [-0.3, -0.25) is 14.2 Å². The average molecular weight is 440 g/mol. The van der Waals surface area contributed by atoms with Crippen LogP contribution < -0.4 is 10.9 Å². The van der Waals surface area contributed by atoms with E-state index in [4.69, 9.17) is 0 Å². The number of para-hydroxylation sites is 1. The molecular weight excluding hydrogens is 421 g/mol. The van der Waals surface area contributed by atoms with Gasteiger partial charge < -0.3 is 5.32 Å². The molecule has 0 spiro atoms. The van der Waals surface area contributed by atoms with Crippen molar-refractivity contribution in [3.63, 3.8) is 0 Å². The molecule has 0 fully saturated rings. The SMILES string of the molecule is Cc1ccc(-n2c(SCC(=O)Nc3ccccc3F)nc3ccsc3c2=O)c(C)c1. The first kappa shape index (κ1) is 20.3. The summed E-state index contributed by atoms with van der Waals surface area (Å²) in [7, 11) is 0. The lowest BCUT2D eigenvalue weighted by Crippen LogP contribution is -2.23. The molecule has 8 heteroatoms. The first-order chi connectivity index (χ1) is 14.4. The lowest BCUT2D eigenvalue weighted by Gasteiger charge is -2.14. The number of rotatable bonds is 5. The Balaban J connectivity index is 1.69. The number of nitrogens with one attached hydrogen (secondary N) is 1. The van der Waals surface area contributed by atoms with Crippen molar-refractivity contribution in [2.45, 2.75) is 19.0 Å².